The molecule has 2 heterocycles. The number of nitrogens with zero attached hydrogens (tertiary/aromatic N) is 2. The Morgan fingerprint density at radius 2 is 1.62 bits per heavy atom. The quantitative estimate of drug-likeness (QED) is 0.112. The first-order valence-electron chi connectivity index (χ1n) is 11.6. The summed E-state index contributed by atoms with van der Waals surface area (Å²) >= 11 is 0. The Bertz CT molecular complexity index is 1660. The summed E-state index contributed by atoms with van der Waals surface area (Å²) in [6, 6.07) is 31.3. The Morgan fingerprint density at radius 1 is 0.919 bits per heavy atom. The van der Waals surface area contributed by atoms with E-state index >= 15 is 0 Å². The Hall–Kier alpha value is -3.99. The molecule has 37 heavy (non-hydrogen) atoms. The van der Waals surface area contributed by atoms with Crippen LogP contribution < -0.4 is 4.90 Å². The van der Waals surface area contributed by atoms with Crippen LogP contribution in [0.3, 0.4) is 0 Å². The van der Waals surface area contributed by atoms with E-state index in [4.69, 9.17) is 15.2 Å². The molecule has 0 fully saturated rings. The number of aryl methyl sites for hydroxylation is 1. The van der Waals surface area contributed by atoms with Crippen molar-refractivity contribution >= 4 is 44.4 Å². The van der Waals surface area contributed by atoms with Gasteiger partial charge in [-0.1, -0.05) is 59.3 Å². The number of hydrogen-bond donors (Lipinski definition) is 2. The van der Waals surface area contributed by atoms with Crippen molar-refractivity contribution in [2.75, 3.05) is 4.90 Å². The monoisotopic (exact) mass is 666 g/mol. The maximum Gasteiger partial charge on any atom is 0.197 e. The van der Waals surface area contributed by atoms with Crippen molar-refractivity contribution in [2.24, 2.45) is 0 Å². The SMILES string of the molecule is CC(=O)/C(O)=C(/C)O.Cc1cc2c3c(nccc3c1)-c1[c-]cc3ccccc3c1N2c1ccccc1.[Ir]. The molecule has 1 aliphatic heterocycles. The number of rotatable bonds is 2. The van der Waals surface area contributed by atoms with E-state index in [2.05, 4.69) is 96.8 Å². The van der Waals surface area contributed by atoms with Gasteiger partial charge >= 0.3 is 0 Å². The van der Waals surface area contributed by atoms with Crippen LogP contribution >= 0.6 is 0 Å². The molecule has 0 aliphatic carbocycles. The van der Waals surface area contributed by atoms with Gasteiger partial charge in [-0.2, -0.15) is 0 Å². The van der Waals surface area contributed by atoms with Crippen LogP contribution in [0.25, 0.3) is 32.8 Å². The molecule has 1 radical (unpaired) electrons. The van der Waals surface area contributed by atoms with E-state index < -0.39 is 11.5 Å². The molecule has 0 bridgehead atoms. The van der Waals surface area contributed by atoms with Crippen LogP contribution in [0.5, 0.6) is 0 Å². The number of aliphatic hydroxyl groups excluding tert-OH is 2. The Balaban J connectivity index is 0.000000313. The zero-order valence-corrected chi connectivity index (χ0v) is 23.0. The van der Waals surface area contributed by atoms with Crippen molar-refractivity contribution in [1.82, 2.24) is 4.98 Å². The van der Waals surface area contributed by atoms with E-state index in [1.807, 2.05) is 6.20 Å². The van der Waals surface area contributed by atoms with Crippen molar-refractivity contribution in [2.45, 2.75) is 20.8 Å². The standard InChI is InChI=1S/C26H17N2.C5H8O3.Ir/c1-17-15-19-13-14-27-25-22-12-11-18-7-5-6-10-21(18)26(22)28(23(16-17)24(19)25)20-8-3-2-4-9-20;1-3(6)5(8)4(2)7;/h2-11,13-16H,1H3;6,8H,1-2H3;/q-1;;/b;5-3+;. The number of carbonyl (C=O) groups excluding carboxylic acids is 1. The van der Waals surface area contributed by atoms with Gasteiger partial charge in [0.25, 0.3) is 0 Å². The molecule has 6 heteroatoms. The molecule has 0 saturated heterocycles. The molecule has 6 rings (SSSR count). The van der Waals surface area contributed by atoms with Crippen LogP contribution in [0.15, 0.2) is 96.6 Å². The van der Waals surface area contributed by atoms with Gasteiger partial charge in [0.15, 0.2) is 11.5 Å². The summed E-state index contributed by atoms with van der Waals surface area (Å²) in [4.78, 5) is 17.3. The van der Waals surface area contributed by atoms with E-state index in [0.29, 0.717) is 0 Å². The third-order valence-corrected chi connectivity index (χ3v) is 6.20. The summed E-state index contributed by atoms with van der Waals surface area (Å²) in [5, 5.41) is 21.7. The fourth-order valence-corrected chi connectivity index (χ4v) is 4.63. The molecule has 5 nitrogen and oxygen atoms in total. The topological polar surface area (TPSA) is 73.7 Å². The van der Waals surface area contributed by atoms with Crippen molar-refractivity contribution in [3.63, 3.8) is 0 Å². The van der Waals surface area contributed by atoms with Crippen molar-refractivity contribution in [1.29, 1.82) is 0 Å². The predicted octanol–water partition coefficient (Wildman–Crippen LogP) is 7.87. The molecule has 0 unspecified atom stereocenters. The molecule has 187 valence electrons. The summed E-state index contributed by atoms with van der Waals surface area (Å²) in [6.07, 6.45) is 1.91. The van der Waals surface area contributed by atoms with E-state index in [-0.39, 0.29) is 25.9 Å². The summed E-state index contributed by atoms with van der Waals surface area (Å²) in [5.41, 5.74) is 6.80. The fraction of sp³-hybridized carbons (Fsp3) is 0.0968. The van der Waals surface area contributed by atoms with Gasteiger partial charge in [-0.25, -0.2) is 0 Å². The average Bonchev–Trinajstić information content (AvgIpc) is 2.89. The molecule has 1 aromatic heterocycles. The molecule has 0 atom stereocenters. The number of allylic oxidation sites excluding steroid dienone is 2. The zero-order valence-electron chi connectivity index (χ0n) is 20.6. The first-order chi connectivity index (χ1) is 17.4. The molecule has 2 N–H and O–H groups in total. The minimum absolute atomic E-state index is 0. The normalized spacial score (nSPS) is 12.1. The summed E-state index contributed by atoms with van der Waals surface area (Å²) < 4.78 is 0. The maximum absolute atomic E-state index is 10.1. The van der Waals surface area contributed by atoms with Gasteiger partial charge in [0.1, 0.15) is 5.76 Å². The first-order valence-corrected chi connectivity index (χ1v) is 11.6. The molecule has 5 aromatic rings. The summed E-state index contributed by atoms with van der Waals surface area (Å²) in [6.45, 7) is 4.58. The van der Waals surface area contributed by atoms with E-state index in [1.54, 1.807) is 0 Å². The van der Waals surface area contributed by atoms with Crippen LogP contribution in [0.2, 0.25) is 0 Å². The van der Waals surface area contributed by atoms with Gasteiger partial charge in [0.2, 0.25) is 0 Å². The molecule has 1 aliphatic rings. The zero-order chi connectivity index (χ0) is 25.4. The number of anilines is 3. The fourth-order valence-electron chi connectivity index (χ4n) is 4.63. The number of pyridine rings is 1. The Labute approximate surface area is 229 Å². The molecular weight excluding hydrogens is 641 g/mol. The van der Waals surface area contributed by atoms with Gasteiger partial charge in [0, 0.05) is 44.6 Å². The van der Waals surface area contributed by atoms with E-state index in [9.17, 15) is 4.79 Å². The molecule has 0 saturated carbocycles. The van der Waals surface area contributed by atoms with E-state index in [0.717, 1.165) is 22.6 Å². The third-order valence-electron chi connectivity index (χ3n) is 6.20. The van der Waals surface area contributed by atoms with Crippen molar-refractivity contribution in [3.8, 4) is 11.3 Å². The summed E-state index contributed by atoms with van der Waals surface area (Å²) in [5.74, 6) is -1.42. The van der Waals surface area contributed by atoms with Crippen molar-refractivity contribution in [3.05, 3.63) is 108 Å². The number of hydrogen-bond acceptors (Lipinski definition) is 5. The third kappa shape index (κ3) is 4.74. The van der Waals surface area contributed by atoms with E-state index in [1.165, 1.54) is 46.6 Å². The number of fused-ring (bicyclic) bond motifs is 4. The van der Waals surface area contributed by atoms with Crippen LogP contribution in [-0.2, 0) is 24.9 Å². The smallest absolute Gasteiger partial charge is 0.197 e. The Kier molecular flexibility index (Phi) is 7.44. The average molecular weight is 666 g/mol. The molecule has 0 amide bonds. The maximum atomic E-state index is 10.1. The largest absolute Gasteiger partial charge is 0.509 e. The number of Topliss-reactive ketones (excluding diaryl/α,β-unsaturated/α-hetero) is 1. The summed E-state index contributed by atoms with van der Waals surface area (Å²) in [7, 11) is 0. The second-order valence-corrected chi connectivity index (χ2v) is 8.80. The minimum atomic E-state index is -0.565. The van der Waals surface area contributed by atoms with Crippen LogP contribution in [-0.4, -0.2) is 21.0 Å². The number of para-hydroxylation sites is 1. The second-order valence-electron chi connectivity index (χ2n) is 8.80. The van der Waals surface area contributed by atoms with Crippen molar-refractivity contribution < 1.29 is 35.1 Å². The predicted molar refractivity (Wildman–Crippen MR) is 145 cm³/mol. The number of carbonyl (C=O) groups is 1. The number of benzene rings is 4. The van der Waals surface area contributed by atoms with Crippen LogP contribution in [0.4, 0.5) is 17.1 Å². The van der Waals surface area contributed by atoms with Gasteiger partial charge in [-0.15, -0.1) is 17.7 Å². The van der Waals surface area contributed by atoms with Gasteiger partial charge in [-0.3, -0.25) is 4.79 Å². The van der Waals surface area contributed by atoms with Crippen LogP contribution in [0.1, 0.15) is 19.4 Å². The molecular formula is C31H25IrN2O3-. The van der Waals surface area contributed by atoms with Gasteiger partial charge < -0.3 is 20.1 Å². The van der Waals surface area contributed by atoms with Crippen LogP contribution in [0, 0.1) is 13.0 Å². The van der Waals surface area contributed by atoms with Gasteiger partial charge in [0.05, 0.1) is 0 Å². The second kappa shape index (κ2) is 10.6. The number of aromatic nitrogens is 1. The molecule has 0 spiro atoms. The Morgan fingerprint density at radius 3 is 2.30 bits per heavy atom. The van der Waals surface area contributed by atoms with Gasteiger partial charge in [-0.05, 0) is 65.8 Å². The minimum Gasteiger partial charge on any atom is -0.509 e. The number of ketones is 1. The first kappa shape index (κ1) is 26.1. The number of aliphatic hydroxyl groups is 2. The molecule has 4 aromatic carbocycles.